The third-order valence-corrected chi connectivity index (χ3v) is 4.28. The first-order valence-electron chi connectivity index (χ1n) is 7.65. The number of carboxylic acids is 1. The predicted octanol–water partition coefficient (Wildman–Crippen LogP) is 1.20. The van der Waals surface area contributed by atoms with Crippen molar-refractivity contribution < 1.29 is 29.0 Å². The largest absolute Gasteiger partial charge is 0.493 e. The zero-order valence-electron chi connectivity index (χ0n) is 13.6. The molecule has 0 heterocycles. The minimum Gasteiger partial charge on any atom is -0.493 e. The van der Waals surface area contributed by atoms with E-state index < -0.39 is 29.7 Å². The van der Waals surface area contributed by atoms with Crippen molar-refractivity contribution in [2.45, 2.75) is 25.3 Å². The minimum atomic E-state index is -0.923. The van der Waals surface area contributed by atoms with Gasteiger partial charge in [0.1, 0.15) is 0 Å². The van der Waals surface area contributed by atoms with Crippen LogP contribution in [-0.4, -0.2) is 42.6 Å². The SMILES string of the molecule is COc1cc(C(=O)N[C@@H]2CCC[C@@H]2C(=O)O)cc(Cl)c1OCC(N)=O. The Bertz CT molecular complexity index is 693. The van der Waals surface area contributed by atoms with Crippen molar-refractivity contribution in [3.05, 3.63) is 22.7 Å². The Morgan fingerprint density at radius 3 is 2.68 bits per heavy atom. The highest BCUT2D eigenvalue weighted by atomic mass is 35.5. The first kappa shape index (κ1) is 18.9. The monoisotopic (exact) mass is 370 g/mol. The molecule has 8 nitrogen and oxygen atoms in total. The quantitative estimate of drug-likeness (QED) is 0.661. The summed E-state index contributed by atoms with van der Waals surface area (Å²) < 4.78 is 10.3. The lowest BCUT2D eigenvalue weighted by Crippen LogP contribution is -2.40. The lowest BCUT2D eigenvalue weighted by Gasteiger charge is -2.18. The van der Waals surface area contributed by atoms with Gasteiger partial charge in [0.15, 0.2) is 18.1 Å². The molecule has 0 aromatic heterocycles. The minimum absolute atomic E-state index is 0.0759. The molecule has 136 valence electrons. The lowest BCUT2D eigenvalue weighted by molar-refractivity contribution is -0.142. The molecule has 2 atom stereocenters. The number of methoxy groups -OCH3 is 1. The van der Waals surface area contributed by atoms with E-state index in [9.17, 15) is 19.5 Å². The van der Waals surface area contributed by atoms with Gasteiger partial charge >= 0.3 is 5.97 Å². The van der Waals surface area contributed by atoms with E-state index in [1.807, 2.05) is 0 Å². The third kappa shape index (κ3) is 4.54. The molecule has 1 saturated carbocycles. The van der Waals surface area contributed by atoms with Crippen molar-refractivity contribution in [1.29, 1.82) is 0 Å². The zero-order chi connectivity index (χ0) is 18.6. The average Bonchev–Trinajstić information content (AvgIpc) is 3.01. The molecule has 0 aliphatic heterocycles. The highest BCUT2D eigenvalue weighted by Crippen LogP contribution is 2.36. The van der Waals surface area contributed by atoms with E-state index in [4.69, 9.17) is 26.8 Å². The summed E-state index contributed by atoms with van der Waals surface area (Å²) >= 11 is 6.11. The number of aliphatic carboxylic acids is 1. The molecule has 9 heteroatoms. The molecule has 0 unspecified atom stereocenters. The van der Waals surface area contributed by atoms with Crippen LogP contribution in [0.15, 0.2) is 12.1 Å². The van der Waals surface area contributed by atoms with E-state index in [1.54, 1.807) is 0 Å². The first-order valence-corrected chi connectivity index (χ1v) is 8.03. The molecule has 2 rings (SSSR count). The van der Waals surface area contributed by atoms with Crippen molar-refractivity contribution in [2.24, 2.45) is 11.7 Å². The van der Waals surface area contributed by atoms with E-state index in [2.05, 4.69) is 5.32 Å². The molecule has 1 fully saturated rings. The summed E-state index contributed by atoms with van der Waals surface area (Å²) in [6.07, 6.45) is 1.88. The fourth-order valence-corrected chi connectivity index (χ4v) is 3.08. The Labute approximate surface area is 149 Å². The van der Waals surface area contributed by atoms with Gasteiger partial charge in [-0.3, -0.25) is 14.4 Å². The second-order valence-corrected chi connectivity index (χ2v) is 6.11. The Morgan fingerprint density at radius 2 is 2.08 bits per heavy atom. The number of nitrogens with two attached hydrogens (primary N) is 1. The van der Waals surface area contributed by atoms with Gasteiger partial charge in [0.05, 0.1) is 18.1 Å². The number of nitrogens with one attached hydrogen (secondary N) is 1. The van der Waals surface area contributed by atoms with Crippen LogP contribution in [0.2, 0.25) is 5.02 Å². The molecule has 1 aliphatic rings. The maximum Gasteiger partial charge on any atom is 0.308 e. The fraction of sp³-hybridized carbons (Fsp3) is 0.438. The Kier molecular flexibility index (Phi) is 6.08. The molecule has 0 saturated heterocycles. The highest BCUT2D eigenvalue weighted by Gasteiger charge is 2.34. The van der Waals surface area contributed by atoms with Crippen LogP contribution in [0, 0.1) is 5.92 Å². The number of ether oxygens (including phenoxy) is 2. The molecule has 0 radical (unpaired) electrons. The van der Waals surface area contributed by atoms with Gasteiger partial charge in [-0.15, -0.1) is 0 Å². The standard InChI is InChI=1S/C16H19ClN2O6/c1-24-12-6-8(5-10(17)14(12)25-7-13(18)20)15(21)19-11-4-2-3-9(11)16(22)23/h5-6,9,11H,2-4,7H2,1H3,(H2,18,20)(H,19,21)(H,22,23)/t9-,11+/m0/s1. The zero-order valence-corrected chi connectivity index (χ0v) is 14.3. The van der Waals surface area contributed by atoms with E-state index in [0.717, 1.165) is 6.42 Å². The summed E-state index contributed by atoms with van der Waals surface area (Å²) in [5.74, 6) is -2.39. The van der Waals surface area contributed by atoms with Crippen molar-refractivity contribution in [1.82, 2.24) is 5.32 Å². The Hall–Kier alpha value is -2.48. The molecular formula is C16H19ClN2O6. The molecule has 4 N–H and O–H groups in total. The maximum atomic E-state index is 12.4. The second-order valence-electron chi connectivity index (χ2n) is 5.70. The first-order chi connectivity index (χ1) is 11.8. The number of carbonyl (C=O) groups is 3. The number of hydrogen-bond donors (Lipinski definition) is 3. The molecule has 0 spiro atoms. The van der Waals surface area contributed by atoms with Gasteiger partial charge < -0.3 is 25.6 Å². The molecule has 1 aromatic rings. The Balaban J connectivity index is 2.18. The molecule has 1 aliphatic carbocycles. The van der Waals surface area contributed by atoms with E-state index in [1.165, 1.54) is 19.2 Å². The number of amides is 2. The second kappa shape index (κ2) is 8.06. The number of rotatable bonds is 7. The fourth-order valence-electron chi connectivity index (χ4n) is 2.81. The summed E-state index contributed by atoms with van der Waals surface area (Å²) in [6.45, 7) is -0.385. The lowest BCUT2D eigenvalue weighted by atomic mass is 10.0. The number of halogens is 1. The van der Waals surface area contributed by atoms with Crippen LogP contribution >= 0.6 is 11.6 Å². The van der Waals surface area contributed by atoms with E-state index in [-0.39, 0.29) is 28.7 Å². The number of benzene rings is 1. The molecule has 1 aromatic carbocycles. The summed E-state index contributed by atoms with van der Waals surface area (Å²) in [5, 5.41) is 12.0. The van der Waals surface area contributed by atoms with Gasteiger partial charge in [-0.1, -0.05) is 18.0 Å². The van der Waals surface area contributed by atoms with E-state index in [0.29, 0.717) is 12.8 Å². The maximum absolute atomic E-state index is 12.4. The number of carboxylic acid groups (broad SMARTS) is 1. The Morgan fingerprint density at radius 1 is 1.36 bits per heavy atom. The molecule has 0 bridgehead atoms. The van der Waals surface area contributed by atoms with Crippen molar-refractivity contribution >= 4 is 29.4 Å². The van der Waals surface area contributed by atoms with Gasteiger partial charge in [-0.2, -0.15) is 0 Å². The normalized spacial score (nSPS) is 19.3. The molecular weight excluding hydrogens is 352 g/mol. The van der Waals surface area contributed by atoms with Crippen LogP contribution in [0.5, 0.6) is 11.5 Å². The summed E-state index contributed by atoms with van der Waals surface area (Å²) in [7, 11) is 1.36. The van der Waals surface area contributed by atoms with Gasteiger partial charge in [0, 0.05) is 11.6 Å². The van der Waals surface area contributed by atoms with Gasteiger partial charge in [-0.25, -0.2) is 0 Å². The van der Waals surface area contributed by atoms with Crippen molar-refractivity contribution in [3.8, 4) is 11.5 Å². The summed E-state index contributed by atoms with van der Waals surface area (Å²) in [6, 6.07) is 2.34. The average molecular weight is 371 g/mol. The summed E-state index contributed by atoms with van der Waals surface area (Å²) in [4.78, 5) is 34.5. The highest BCUT2D eigenvalue weighted by molar-refractivity contribution is 6.32. The van der Waals surface area contributed by atoms with Crippen LogP contribution in [0.1, 0.15) is 29.6 Å². The van der Waals surface area contributed by atoms with Crippen LogP contribution in [0.3, 0.4) is 0 Å². The third-order valence-electron chi connectivity index (χ3n) is 4.00. The van der Waals surface area contributed by atoms with E-state index >= 15 is 0 Å². The van der Waals surface area contributed by atoms with Crippen LogP contribution in [0.4, 0.5) is 0 Å². The van der Waals surface area contributed by atoms with Gasteiger partial charge in [-0.05, 0) is 25.0 Å². The van der Waals surface area contributed by atoms with Gasteiger partial charge in [0.2, 0.25) is 0 Å². The van der Waals surface area contributed by atoms with Gasteiger partial charge in [0.25, 0.3) is 11.8 Å². The van der Waals surface area contributed by atoms with Crippen LogP contribution < -0.4 is 20.5 Å². The molecule has 25 heavy (non-hydrogen) atoms. The van der Waals surface area contributed by atoms with Crippen molar-refractivity contribution in [2.75, 3.05) is 13.7 Å². The predicted molar refractivity (Wildman–Crippen MR) is 88.9 cm³/mol. The van der Waals surface area contributed by atoms with Crippen LogP contribution in [0.25, 0.3) is 0 Å². The smallest absolute Gasteiger partial charge is 0.308 e. The van der Waals surface area contributed by atoms with Crippen LogP contribution in [-0.2, 0) is 9.59 Å². The van der Waals surface area contributed by atoms with Crippen molar-refractivity contribution in [3.63, 3.8) is 0 Å². The number of hydrogen-bond acceptors (Lipinski definition) is 5. The topological polar surface area (TPSA) is 128 Å². The summed E-state index contributed by atoms with van der Waals surface area (Å²) in [5.41, 5.74) is 5.23. The molecule has 2 amide bonds. The number of carbonyl (C=O) groups excluding carboxylic acids is 2. The number of primary amides is 1.